The highest BCUT2D eigenvalue weighted by atomic mass is 16.5. The first-order valence-electron chi connectivity index (χ1n) is 11.1. The second-order valence-electron chi connectivity index (χ2n) is 7.51. The van der Waals surface area contributed by atoms with Gasteiger partial charge in [-0.2, -0.15) is 0 Å². The molecule has 3 aromatic carbocycles. The molecular weight excluding hydrogens is 460 g/mol. The highest BCUT2D eigenvalue weighted by Crippen LogP contribution is 2.29. The highest BCUT2D eigenvalue weighted by Gasteiger charge is 2.18. The minimum atomic E-state index is -0.528. The number of rotatable bonds is 11. The van der Waals surface area contributed by atoms with E-state index in [0.717, 1.165) is 11.1 Å². The molecule has 0 spiro atoms. The number of ketones is 1. The fourth-order valence-electron chi connectivity index (χ4n) is 3.53. The Morgan fingerprint density at radius 1 is 0.778 bits per heavy atom. The van der Waals surface area contributed by atoms with Crippen molar-refractivity contribution in [3.8, 4) is 17.2 Å². The molecule has 0 radical (unpaired) electrons. The van der Waals surface area contributed by atoms with E-state index in [2.05, 4.69) is 0 Å². The van der Waals surface area contributed by atoms with Crippen molar-refractivity contribution in [3.05, 3.63) is 101 Å². The van der Waals surface area contributed by atoms with Crippen LogP contribution in [0.3, 0.4) is 0 Å². The normalized spacial score (nSPS) is 11.2. The van der Waals surface area contributed by atoms with Gasteiger partial charge in [-0.3, -0.25) is 4.79 Å². The minimum absolute atomic E-state index is 0.123. The molecule has 0 amide bonds. The Labute approximate surface area is 210 Å². The fraction of sp³-hybridized carbons (Fsp3) is 0.172. The van der Waals surface area contributed by atoms with E-state index in [4.69, 9.17) is 23.7 Å². The first-order valence-corrected chi connectivity index (χ1v) is 11.1. The van der Waals surface area contributed by atoms with Crippen LogP contribution in [0.5, 0.6) is 17.2 Å². The molecule has 0 aliphatic carbocycles. The lowest BCUT2D eigenvalue weighted by Gasteiger charge is -2.14. The van der Waals surface area contributed by atoms with Gasteiger partial charge < -0.3 is 23.7 Å². The van der Waals surface area contributed by atoms with E-state index >= 15 is 0 Å². The van der Waals surface area contributed by atoms with E-state index in [1.54, 1.807) is 62.8 Å². The van der Waals surface area contributed by atoms with Crippen molar-refractivity contribution in [2.24, 2.45) is 0 Å². The van der Waals surface area contributed by atoms with Gasteiger partial charge in [-0.25, -0.2) is 4.79 Å². The van der Waals surface area contributed by atoms with Crippen LogP contribution in [-0.4, -0.2) is 40.2 Å². The molecule has 7 nitrogen and oxygen atoms in total. The van der Waals surface area contributed by atoms with Gasteiger partial charge in [0, 0.05) is 0 Å². The lowest BCUT2D eigenvalue weighted by molar-refractivity contribution is -0.133. The summed E-state index contributed by atoms with van der Waals surface area (Å²) in [7, 11) is 5.89. The standard InChI is InChI=1S/C29H28O7/c1-32-19-24(29(31)35-4)22-10-6-5-9-21(22)18-36-26-12-8-7-11-23(26)25(30)15-13-20-14-16-27(33-2)28(17-20)34-3/h5-17,19H,18H2,1-4H3/b15-13+,24-19+. The Balaban J connectivity index is 1.82. The number of para-hydroxylation sites is 1. The molecule has 0 aromatic heterocycles. The number of esters is 1. The van der Waals surface area contributed by atoms with Crippen molar-refractivity contribution < 1.29 is 33.3 Å². The van der Waals surface area contributed by atoms with Crippen LogP contribution in [0.2, 0.25) is 0 Å². The molecule has 0 N–H and O–H groups in total. The van der Waals surface area contributed by atoms with Crippen molar-refractivity contribution in [2.75, 3.05) is 28.4 Å². The Bertz CT molecular complexity index is 1270. The Hall–Kier alpha value is -4.52. The van der Waals surface area contributed by atoms with Crippen LogP contribution in [0.4, 0.5) is 0 Å². The van der Waals surface area contributed by atoms with E-state index in [-0.39, 0.29) is 18.0 Å². The molecule has 7 heteroatoms. The Morgan fingerprint density at radius 2 is 1.47 bits per heavy atom. The molecule has 0 fully saturated rings. The van der Waals surface area contributed by atoms with Crippen LogP contribution in [0.1, 0.15) is 27.0 Å². The number of ether oxygens (including phenoxy) is 5. The fourth-order valence-corrected chi connectivity index (χ4v) is 3.53. The van der Waals surface area contributed by atoms with Gasteiger partial charge in [0.25, 0.3) is 0 Å². The van der Waals surface area contributed by atoms with Crippen LogP contribution >= 0.6 is 0 Å². The maximum Gasteiger partial charge on any atom is 0.341 e. The van der Waals surface area contributed by atoms with Crippen LogP contribution < -0.4 is 14.2 Å². The van der Waals surface area contributed by atoms with Crippen LogP contribution in [0, 0.1) is 0 Å². The van der Waals surface area contributed by atoms with E-state index in [9.17, 15) is 9.59 Å². The summed E-state index contributed by atoms with van der Waals surface area (Å²) in [6.07, 6.45) is 4.52. The van der Waals surface area contributed by atoms with E-state index in [1.807, 2.05) is 24.3 Å². The minimum Gasteiger partial charge on any atom is -0.503 e. The number of methoxy groups -OCH3 is 4. The molecule has 0 saturated carbocycles. The largest absolute Gasteiger partial charge is 0.503 e. The number of hydrogen-bond acceptors (Lipinski definition) is 7. The Morgan fingerprint density at radius 3 is 2.17 bits per heavy atom. The van der Waals surface area contributed by atoms with Crippen molar-refractivity contribution in [1.82, 2.24) is 0 Å². The number of benzene rings is 3. The van der Waals surface area contributed by atoms with Gasteiger partial charge in [-0.05, 0) is 47.0 Å². The SMILES string of the molecule is CO/C=C(/C(=O)OC)c1ccccc1COc1ccccc1C(=O)/C=C/c1ccc(OC)c(OC)c1. The summed E-state index contributed by atoms with van der Waals surface area (Å²) >= 11 is 0. The maximum absolute atomic E-state index is 13.0. The molecule has 0 atom stereocenters. The monoisotopic (exact) mass is 488 g/mol. The number of carbonyl (C=O) groups is 2. The predicted octanol–water partition coefficient (Wildman–Crippen LogP) is 5.34. The zero-order valence-electron chi connectivity index (χ0n) is 20.6. The maximum atomic E-state index is 13.0. The highest BCUT2D eigenvalue weighted by molar-refractivity contribution is 6.16. The van der Waals surface area contributed by atoms with Gasteiger partial charge in [-0.1, -0.05) is 48.5 Å². The van der Waals surface area contributed by atoms with Crippen LogP contribution in [-0.2, 0) is 20.9 Å². The topological polar surface area (TPSA) is 80.3 Å². The average molecular weight is 489 g/mol. The second kappa shape index (κ2) is 12.8. The summed E-state index contributed by atoms with van der Waals surface area (Å²) < 4.78 is 26.6. The second-order valence-corrected chi connectivity index (χ2v) is 7.51. The van der Waals surface area contributed by atoms with Crippen LogP contribution in [0.15, 0.2) is 79.1 Å². The molecule has 0 saturated heterocycles. The molecule has 0 aliphatic rings. The molecule has 0 heterocycles. The third-order valence-electron chi connectivity index (χ3n) is 5.32. The van der Waals surface area contributed by atoms with E-state index < -0.39 is 5.97 Å². The summed E-state index contributed by atoms with van der Waals surface area (Å²) in [5.41, 5.74) is 2.81. The predicted molar refractivity (Wildman–Crippen MR) is 137 cm³/mol. The summed E-state index contributed by atoms with van der Waals surface area (Å²) in [6, 6.07) is 19.7. The van der Waals surface area contributed by atoms with Crippen molar-refractivity contribution >= 4 is 23.4 Å². The molecule has 0 aliphatic heterocycles. The van der Waals surface area contributed by atoms with Gasteiger partial charge >= 0.3 is 5.97 Å². The zero-order valence-corrected chi connectivity index (χ0v) is 20.6. The first-order chi connectivity index (χ1) is 17.5. The zero-order chi connectivity index (χ0) is 25.9. The third-order valence-corrected chi connectivity index (χ3v) is 5.32. The number of carbonyl (C=O) groups excluding carboxylic acids is 2. The Kier molecular flexibility index (Phi) is 9.28. The van der Waals surface area contributed by atoms with Crippen molar-refractivity contribution in [2.45, 2.75) is 6.61 Å². The van der Waals surface area contributed by atoms with Gasteiger partial charge in [0.15, 0.2) is 17.3 Å². The summed E-state index contributed by atoms with van der Waals surface area (Å²) in [4.78, 5) is 25.3. The van der Waals surface area contributed by atoms with Gasteiger partial charge in [-0.15, -0.1) is 0 Å². The van der Waals surface area contributed by atoms with Crippen LogP contribution in [0.25, 0.3) is 11.6 Å². The molecule has 3 aromatic rings. The van der Waals surface area contributed by atoms with Gasteiger partial charge in [0.1, 0.15) is 17.9 Å². The third kappa shape index (κ3) is 6.33. The molecule has 3 rings (SSSR count). The summed E-state index contributed by atoms with van der Waals surface area (Å²) in [5, 5.41) is 0. The number of allylic oxidation sites excluding steroid dienone is 1. The average Bonchev–Trinajstić information content (AvgIpc) is 2.93. The van der Waals surface area contributed by atoms with E-state index in [1.165, 1.54) is 26.6 Å². The summed E-state index contributed by atoms with van der Waals surface area (Å²) in [5.74, 6) is 0.854. The molecule has 0 unspecified atom stereocenters. The molecule has 36 heavy (non-hydrogen) atoms. The van der Waals surface area contributed by atoms with Gasteiger partial charge in [0.2, 0.25) is 0 Å². The smallest absolute Gasteiger partial charge is 0.341 e. The molecular formula is C29H28O7. The molecule has 0 bridgehead atoms. The summed E-state index contributed by atoms with van der Waals surface area (Å²) in [6.45, 7) is 0.123. The van der Waals surface area contributed by atoms with Gasteiger partial charge in [0.05, 0.1) is 40.3 Å². The molecule has 186 valence electrons. The number of hydrogen-bond donors (Lipinski definition) is 0. The quantitative estimate of drug-likeness (QED) is 0.156. The van der Waals surface area contributed by atoms with Crippen molar-refractivity contribution in [3.63, 3.8) is 0 Å². The lowest BCUT2D eigenvalue weighted by atomic mass is 10.0. The lowest BCUT2D eigenvalue weighted by Crippen LogP contribution is -2.09. The van der Waals surface area contributed by atoms with E-state index in [0.29, 0.717) is 28.4 Å². The first kappa shape index (κ1) is 26.1. The van der Waals surface area contributed by atoms with Crippen molar-refractivity contribution in [1.29, 1.82) is 0 Å².